The molecule has 1 saturated carbocycles. The van der Waals surface area contributed by atoms with E-state index < -0.39 is 0 Å². The molecule has 1 fully saturated rings. The summed E-state index contributed by atoms with van der Waals surface area (Å²) in [5, 5.41) is 0. The van der Waals surface area contributed by atoms with Crippen molar-refractivity contribution >= 4 is 5.78 Å². The van der Waals surface area contributed by atoms with Gasteiger partial charge in [-0.1, -0.05) is 63.4 Å². The third kappa shape index (κ3) is 8.23. The van der Waals surface area contributed by atoms with Gasteiger partial charge >= 0.3 is 0 Å². The van der Waals surface area contributed by atoms with Gasteiger partial charge in [-0.15, -0.1) is 6.58 Å². The molecular weight excluding hydrogens is 232 g/mol. The Labute approximate surface area is 119 Å². The van der Waals surface area contributed by atoms with Crippen LogP contribution < -0.4 is 0 Å². The average Bonchev–Trinajstić information content (AvgIpc) is 2.37. The predicted molar refractivity (Wildman–Crippen MR) is 83.3 cm³/mol. The zero-order chi connectivity index (χ0) is 13.9. The summed E-state index contributed by atoms with van der Waals surface area (Å²) in [6.45, 7) is 6.04. The topological polar surface area (TPSA) is 17.1 Å². The van der Waals surface area contributed by atoms with Gasteiger partial charge < -0.3 is 0 Å². The molecule has 1 aliphatic rings. The summed E-state index contributed by atoms with van der Waals surface area (Å²) in [4.78, 5) is 12.3. The van der Waals surface area contributed by atoms with E-state index in [4.69, 9.17) is 0 Å². The monoisotopic (exact) mass is 264 g/mol. The largest absolute Gasteiger partial charge is 0.299 e. The van der Waals surface area contributed by atoms with Crippen LogP contribution >= 0.6 is 0 Å². The second-order valence-electron chi connectivity index (χ2n) is 6.40. The Morgan fingerprint density at radius 1 is 0.947 bits per heavy atom. The van der Waals surface area contributed by atoms with E-state index in [-0.39, 0.29) is 5.92 Å². The Morgan fingerprint density at radius 3 is 1.95 bits per heavy atom. The fourth-order valence-electron chi connectivity index (χ4n) is 3.11. The van der Waals surface area contributed by atoms with Crippen LogP contribution in [0.1, 0.15) is 90.4 Å². The molecule has 0 spiro atoms. The molecule has 0 heterocycles. The molecule has 1 nitrogen and oxygen atoms in total. The molecule has 0 N–H and O–H groups in total. The number of allylic oxidation sites excluding steroid dienone is 1. The van der Waals surface area contributed by atoms with E-state index in [1.165, 1.54) is 63.4 Å². The molecule has 1 unspecified atom stereocenters. The fourth-order valence-corrected chi connectivity index (χ4v) is 3.11. The van der Waals surface area contributed by atoms with Crippen molar-refractivity contribution in [1.82, 2.24) is 0 Å². The molecule has 0 amide bonds. The molecule has 0 aromatic heterocycles. The molecule has 0 bridgehead atoms. The molecule has 0 saturated heterocycles. The van der Waals surface area contributed by atoms with Gasteiger partial charge in [-0.25, -0.2) is 0 Å². The highest BCUT2D eigenvalue weighted by atomic mass is 16.1. The summed E-state index contributed by atoms with van der Waals surface area (Å²) in [6, 6.07) is 0. The molecule has 19 heavy (non-hydrogen) atoms. The first-order chi connectivity index (χ1) is 9.20. The fraction of sp³-hybridized carbons (Fsp3) is 0.833. The van der Waals surface area contributed by atoms with Gasteiger partial charge in [0.1, 0.15) is 5.78 Å². The Balaban J connectivity index is 2.42. The SMILES string of the molecule is C=C(C)CC1CCCCCCCCCCCCC1=O. The first-order valence-corrected chi connectivity index (χ1v) is 8.37. The van der Waals surface area contributed by atoms with E-state index >= 15 is 0 Å². The number of rotatable bonds is 2. The minimum Gasteiger partial charge on any atom is -0.299 e. The first-order valence-electron chi connectivity index (χ1n) is 8.37. The van der Waals surface area contributed by atoms with Crippen molar-refractivity contribution in [3.05, 3.63) is 12.2 Å². The van der Waals surface area contributed by atoms with Crippen LogP contribution in [0, 0.1) is 5.92 Å². The van der Waals surface area contributed by atoms with E-state index in [1.807, 2.05) is 0 Å². The van der Waals surface area contributed by atoms with E-state index in [9.17, 15) is 4.79 Å². The number of hydrogen-bond acceptors (Lipinski definition) is 1. The summed E-state index contributed by atoms with van der Waals surface area (Å²) in [6.07, 6.45) is 15.9. The summed E-state index contributed by atoms with van der Waals surface area (Å²) in [5.74, 6) is 0.764. The first kappa shape index (κ1) is 16.5. The maximum Gasteiger partial charge on any atom is 0.136 e. The molecule has 110 valence electrons. The van der Waals surface area contributed by atoms with Crippen LogP contribution in [0.4, 0.5) is 0 Å². The molecule has 1 aliphatic carbocycles. The van der Waals surface area contributed by atoms with E-state index in [0.717, 1.165) is 25.7 Å². The quantitative estimate of drug-likeness (QED) is 0.573. The van der Waals surface area contributed by atoms with E-state index in [2.05, 4.69) is 13.5 Å². The maximum atomic E-state index is 12.3. The second-order valence-corrected chi connectivity index (χ2v) is 6.40. The summed E-state index contributed by atoms with van der Waals surface area (Å²) < 4.78 is 0. The molecule has 1 atom stereocenters. The van der Waals surface area contributed by atoms with Gasteiger partial charge in [-0.2, -0.15) is 0 Å². The Kier molecular flexibility index (Phi) is 8.86. The Hall–Kier alpha value is -0.590. The van der Waals surface area contributed by atoms with Crippen LogP contribution in [0.25, 0.3) is 0 Å². The van der Waals surface area contributed by atoms with Crippen molar-refractivity contribution in [2.45, 2.75) is 90.4 Å². The van der Waals surface area contributed by atoms with Crippen LogP contribution in [0.15, 0.2) is 12.2 Å². The second kappa shape index (κ2) is 10.2. The lowest BCUT2D eigenvalue weighted by Gasteiger charge is -2.16. The summed E-state index contributed by atoms with van der Waals surface area (Å²) in [7, 11) is 0. The third-order valence-corrected chi connectivity index (χ3v) is 4.28. The van der Waals surface area contributed by atoms with Gasteiger partial charge in [0.05, 0.1) is 0 Å². The molecule has 0 aromatic rings. The zero-order valence-corrected chi connectivity index (χ0v) is 12.9. The van der Waals surface area contributed by atoms with Gasteiger partial charge in [0, 0.05) is 12.3 Å². The van der Waals surface area contributed by atoms with Crippen LogP contribution in [-0.2, 0) is 4.79 Å². The Bertz CT molecular complexity index is 267. The average molecular weight is 264 g/mol. The van der Waals surface area contributed by atoms with E-state index in [1.54, 1.807) is 0 Å². The normalized spacial score (nSPS) is 24.7. The number of Topliss-reactive ketones (excluding diaryl/α,β-unsaturated/α-hetero) is 1. The van der Waals surface area contributed by atoms with Crippen molar-refractivity contribution in [3.63, 3.8) is 0 Å². The minimum absolute atomic E-state index is 0.264. The number of ketones is 1. The highest BCUT2D eigenvalue weighted by Crippen LogP contribution is 2.23. The molecule has 1 rings (SSSR count). The molecule has 0 radical (unpaired) electrons. The standard InChI is InChI=1S/C18H32O/c1-16(2)15-17-13-11-9-7-5-3-4-6-8-10-12-14-18(17)19/h17H,1,3-15H2,2H3. The number of carbonyl (C=O) groups excluding carboxylic acids is 1. The van der Waals surface area contributed by atoms with Crippen molar-refractivity contribution in [2.75, 3.05) is 0 Å². The number of carbonyl (C=O) groups is 1. The van der Waals surface area contributed by atoms with E-state index in [0.29, 0.717) is 5.78 Å². The van der Waals surface area contributed by atoms with Gasteiger partial charge in [0.25, 0.3) is 0 Å². The van der Waals surface area contributed by atoms with Crippen LogP contribution in [0.3, 0.4) is 0 Å². The van der Waals surface area contributed by atoms with Crippen LogP contribution in [0.5, 0.6) is 0 Å². The highest BCUT2D eigenvalue weighted by molar-refractivity contribution is 5.81. The molecule has 0 aliphatic heterocycles. The summed E-state index contributed by atoms with van der Waals surface area (Å²) >= 11 is 0. The van der Waals surface area contributed by atoms with Crippen molar-refractivity contribution in [1.29, 1.82) is 0 Å². The molecule has 1 heteroatoms. The van der Waals surface area contributed by atoms with Crippen molar-refractivity contribution in [3.8, 4) is 0 Å². The third-order valence-electron chi connectivity index (χ3n) is 4.28. The molecular formula is C18H32O. The maximum absolute atomic E-state index is 12.3. The Morgan fingerprint density at radius 2 is 1.42 bits per heavy atom. The summed E-state index contributed by atoms with van der Waals surface area (Å²) in [5.41, 5.74) is 1.17. The van der Waals surface area contributed by atoms with Crippen molar-refractivity contribution < 1.29 is 4.79 Å². The predicted octanol–water partition coefficient (Wildman–Crippen LogP) is 5.83. The van der Waals surface area contributed by atoms with Gasteiger partial charge in [-0.05, 0) is 26.2 Å². The number of hydrogen-bond donors (Lipinski definition) is 0. The van der Waals surface area contributed by atoms with Gasteiger partial charge in [-0.3, -0.25) is 4.79 Å². The lowest BCUT2D eigenvalue weighted by atomic mass is 9.88. The molecule has 0 aromatic carbocycles. The lowest BCUT2D eigenvalue weighted by Crippen LogP contribution is -2.15. The van der Waals surface area contributed by atoms with Gasteiger partial charge in [0.2, 0.25) is 0 Å². The zero-order valence-electron chi connectivity index (χ0n) is 12.9. The lowest BCUT2D eigenvalue weighted by molar-refractivity contribution is -0.123. The highest BCUT2D eigenvalue weighted by Gasteiger charge is 2.17. The van der Waals surface area contributed by atoms with Crippen LogP contribution in [0.2, 0.25) is 0 Å². The smallest absolute Gasteiger partial charge is 0.136 e. The van der Waals surface area contributed by atoms with Crippen LogP contribution in [-0.4, -0.2) is 5.78 Å². The minimum atomic E-state index is 0.264. The van der Waals surface area contributed by atoms with Crippen molar-refractivity contribution in [2.24, 2.45) is 5.92 Å². The van der Waals surface area contributed by atoms with Gasteiger partial charge in [0.15, 0.2) is 0 Å².